The van der Waals surface area contributed by atoms with Crippen LogP contribution in [0, 0.1) is 21.4 Å². The zero-order valence-corrected chi connectivity index (χ0v) is 15.8. The third kappa shape index (κ3) is 2.82. The van der Waals surface area contributed by atoms with Crippen molar-refractivity contribution in [3.05, 3.63) is 28.3 Å². The number of fused-ring (bicyclic) bond motifs is 1. The molecule has 0 spiro atoms. The Balaban J connectivity index is 0.00000243. The van der Waals surface area contributed by atoms with Crippen LogP contribution in [0.1, 0.15) is 26.7 Å². The van der Waals surface area contributed by atoms with Crippen molar-refractivity contribution < 1.29 is 19.2 Å². The second kappa shape index (κ2) is 7.02. The Kier molecular flexibility index (Phi) is 5.51. The maximum atomic E-state index is 12.9. The lowest BCUT2D eigenvalue weighted by Gasteiger charge is -2.65. The average molecular weight is 386 g/mol. The molecule has 3 rings (SSSR count). The quantitative estimate of drug-likeness (QED) is 0.607. The Hall–Kier alpha value is -1.90. The van der Waals surface area contributed by atoms with Crippen molar-refractivity contribution in [2.24, 2.45) is 17.1 Å². The fourth-order valence-electron chi connectivity index (χ4n) is 4.18. The molecule has 1 aromatic rings. The topological polar surface area (TPSA) is 117 Å². The molecule has 1 heterocycles. The Morgan fingerprint density at radius 1 is 1.46 bits per heavy atom. The third-order valence-electron chi connectivity index (χ3n) is 5.69. The van der Waals surface area contributed by atoms with Gasteiger partial charge in [-0.15, -0.1) is 12.4 Å². The lowest BCUT2D eigenvalue weighted by molar-refractivity contribution is -0.385. The summed E-state index contributed by atoms with van der Waals surface area (Å²) < 4.78 is 10.8. The van der Waals surface area contributed by atoms with E-state index in [9.17, 15) is 14.9 Å². The lowest BCUT2D eigenvalue weighted by Crippen LogP contribution is -2.81. The van der Waals surface area contributed by atoms with Gasteiger partial charge >= 0.3 is 5.69 Å². The molecular weight excluding hydrogens is 362 g/mol. The predicted octanol–water partition coefficient (Wildman–Crippen LogP) is 2.50. The molecule has 1 aromatic carbocycles. The summed E-state index contributed by atoms with van der Waals surface area (Å²) >= 11 is 0. The molecule has 2 fully saturated rings. The number of methoxy groups -OCH3 is 1. The number of nitro groups is 1. The van der Waals surface area contributed by atoms with E-state index in [-0.39, 0.29) is 41.8 Å². The summed E-state index contributed by atoms with van der Waals surface area (Å²) in [6.07, 6.45) is 1.67. The van der Waals surface area contributed by atoms with Gasteiger partial charge < -0.3 is 20.5 Å². The zero-order valence-electron chi connectivity index (χ0n) is 15.0. The first-order valence-electron chi connectivity index (χ1n) is 8.28. The first-order valence-corrected chi connectivity index (χ1v) is 8.28. The largest absolute Gasteiger partial charge is 0.490 e. The first kappa shape index (κ1) is 20.4. The number of nitrogens with one attached hydrogen (secondary N) is 1. The molecule has 1 saturated carbocycles. The molecule has 3 atom stereocenters. The fourth-order valence-corrected chi connectivity index (χ4v) is 4.18. The van der Waals surface area contributed by atoms with Crippen molar-refractivity contribution in [3.8, 4) is 5.75 Å². The number of anilines is 1. The molecule has 9 heteroatoms. The predicted molar refractivity (Wildman–Crippen MR) is 98.7 cm³/mol. The van der Waals surface area contributed by atoms with Crippen molar-refractivity contribution in [2.75, 3.05) is 19.0 Å². The van der Waals surface area contributed by atoms with Gasteiger partial charge in [0.15, 0.2) is 5.75 Å². The number of nitrogens with zero attached hydrogens (tertiary/aromatic N) is 1. The van der Waals surface area contributed by atoms with Gasteiger partial charge in [0.1, 0.15) is 5.54 Å². The second-order valence-corrected chi connectivity index (χ2v) is 7.23. The standard InChI is InChI=1S/C17H23N3O5.ClH/c1-16(2)14-11(5-4-8-25-14)17(16,18)15(21)19-10-6-7-13(24-3)12(9-10)20(22)23;/h6-7,9,11,14H,4-5,8,18H2,1-3H3,(H,19,21);1H. The van der Waals surface area contributed by atoms with Gasteiger partial charge in [0.05, 0.1) is 18.1 Å². The van der Waals surface area contributed by atoms with Gasteiger partial charge in [0.25, 0.3) is 0 Å². The van der Waals surface area contributed by atoms with E-state index in [1.165, 1.54) is 19.2 Å². The minimum atomic E-state index is -1.08. The Labute approximate surface area is 158 Å². The van der Waals surface area contributed by atoms with Crippen LogP contribution in [0.4, 0.5) is 11.4 Å². The highest BCUT2D eigenvalue weighted by molar-refractivity contribution is 6.00. The number of hydrogen-bond acceptors (Lipinski definition) is 6. The summed E-state index contributed by atoms with van der Waals surface area (Å²) in [5, 5.41) is 13.9. The lowest BCUT2D eigenvalue weighted by atomic mass is 9.46. The van der Waals surface area contributed by atoms with Crippen molar-refractivity contribution in [3.63, 3.8) is 0 Å². The van der Waals surface area contributed by atoms with Crippen LogP contribution in [0.3, 0.4) is 0 Å². The first-order chi connectivity index (χ1) is 11.7. The summed E-state index contributed by atoms with van der Waals surface area (Å²) in [6.45, 7) is 4.54. The number of benzene rings is 1. The number of ether oxygens (including phenoxy) is 2. The molecule has 3 N–H and O–H groups in total. The Morgan fingerprint density at radius 3 is 2.77 bits per heavy atom. The Morgan fingerprint density at radius 2 is 2.15 bits per heavy atom. The number of rotatable bonds is 4. The molecule has 1 amide bonds. The molecule has 0 bridgehead atoms. The number of nitrogens with two attached hydrogens (primary N) is 1. The molecule has 1 saturated heterocycles. The number of nitro benzene ring substituents is 1. The number of amides is 1. The molecule has 0 radical (unpaired) electrons. The molecule has 0 aromatic heterocycles. The van der Waals surface area contributed by atoms with Crippen LogP contribution in [0.5, 0.6) is 5.75 Å². The highest BCUT2D eigenvalue weighted by Crippen LogP contribution is 2.57. The minimum absolute atomic E-state index is 0. The van der Waals surface area contributed by atoms with Crippen LogP contribution in [-0.2, 0) is 9.53 Å². The van der Waals surface area contributed by atoms with Crippen LogP contribution in [0.25, 0.3) is 0 Å². The molecule has 2 aliphatic rings. The van der Waals surface area contributed by atoms with Crippen molar-refractivity contribution in [2.45, 2.75) is 38.3 Å². The maximum absolute atomic E-state index is 12.9. The van der Waals surface area contributed by atoms with E-state index in [4.69, 9.17) is 15.2 Å². The van der Waals surface area contributed by atoms with E-state index in [0.717, 1.165) is 12.8 Å². The van der Waals surface area contributed by atoms with Crippen LogP contribution in [0.2, 0.25) is 0 Å². The summed E-state index contributed by atoms with van der Waals surface area (Å²) in [7, 11) is 1.36. The van der Waals surface area contributed by atoms with Gasteiger partial charge in [-0.2, -0.15) is 0 Å². The summed E-state index contributed by atoms with van der Waals surface area (Å²) in [6, 6.07) is 4.30. The van der Waals surface area contributed by atoms with Gasteiger partial charge in [0.2, 0.25) is 5.91 Å². The average Bonchev–Trinajstić information content (AvgIpc) is 2.60. The molecule has 3 unspecified atom stereocenters. The third-order valence-corrected chi connectivity index (χ3v) is 5.69. The molecule has 1 aliphatic heterocycles. The van der Waals surface area contributed by atoms with Gasteiger partial charge in [0, 0.05) is 29.7 Å². The van der Waals surface area contributed by atoms with Crippen LogP contribution in [0.15, 0.2) is 18.2 Å². The van der Waals surface area contributed by atoms with E-state index in [0.29, 0.717) is 12.3 Å². The van der Waals surface area contributed by atoms with Gasteiger partial charge in [-0.05, 0) is 25.0 Å². The van der Waals surface area contributed by atoms with Crippen molar-refractivity contribution in [1.82, 2.24) is 0 Å². The fraction of sp³-hybridized carbons (Fsp3) is 0.588. The Bertz CT molecular complexity index is 726. The van der Waals surface area contributed by atoms with E-state index in [2.05, 4.69) is 5.32 Å². The monoisotopic (exact) mass is 385 g/mol. The molecular formula is C17H24ClN3O5. The van der Waals surface area contributed by atoms with E-state index in [1.807, 2.05) is 13.8 Å². The summed E-state index contributed by atoms with van der Waals surface area (Å²) in [5.41, 5.74) is 5.05. The molecule has 144 valence electrons. The molecule has 1 aliphatic carbocycles. The van der Waals surface area contributed by atoms with Crippen molar-refractivity contribution >= 4 is 29.7 Å². The molecule has 26 heavy (non-hydrogen) atoms. The number of carbonyl (C=O) groups is 1. The number of carbonyl (C=O) groups excluding carboxylic acids is 1. The minimum Gasteiger partial charge on any atom is -0.490 e. The summed E-state index contributed by atoms with van der Waals surface area (Å²) in [5.74, 6) is -0.261. The second-order valence-electron chi connectivity index (χ2n) is 7.23. The normalized spacial score (nSPS) is 28.8. The van der Waals surface area contributed by atoms with Gasteiger partial charge in [-0.25, -0.2) is 0 Å². The SMILES string of the molecule is COc1ccc(NC(=O)C2(N)C3CCCOC3C2(C)C)cc1[N+](=O)[O-].Cl. The van der Waals surface area contributed by atoms with E-state index < -0.39 is 15.9 Å². The zero-order chi connectivity index (χ0) is 18.4. The van der Waals surface area contributed by atoms with Crippen LogP contribution in [-0.4, -0.2) is 36.2 Å². The maximum Gasteiger partial charge on any atom is 0.312 e. The molecule has 8 nitrogen and oxygen atoms in total. The van der Waals surface area contributed by atoms with E-state index in [1.54, 1.807) is 6.07 Å². The van der Waals surface area contributed by atoms with E-state index >= 15 is 0 Å². The van der Waals surface area contributed by atoms with Crippen molar-refractivity contribution in [1.29, 1.82) is 0 Å². The summed E-state index contributed by atoms with van der Waals surface area (Å²) in [4.78, 5) is 23.5. The number of halogens is 1. The highest BCUT2D eigenvalue weighted by atomic mass is 35.5. The smallest absolute Gasteiger partial charge is 0.312 e. The van der Waals surface area contributed by atoms with Gasteiger partial charge in [-0.3, -0.25) is 14.9 Å². The highest BCUT2D eigenvalue weighted by Gasteiger charge is 2.70. The number of hydrogen-bond donors (Lipinski definition) is 2. The van der Waals surface area contributed by atoms with Crippen LogP contribution < -0.4 is 15.8 Å². The van der Waals surface area contributed by atoms with Crippen LogP contribution >= 0.6 is 12.4 Å². The van der Waals surface area contributed by atoms with Gasteiger partial charge in [-0.1, -0.05) is 13.8 Å².